The Balaban J connectivity index is 2.54. The highest BCUT2D eigenvalue weighted by molar-refractivity contribution is 7.32. The van der Waals surface area contributed by atoms with Crippen LogP contribution in [-0.4, -0.2) is 5.91 Å². The van der Waals surface area contributed by atoms with Crippen molar-refractivity contribution in [3.63, 3.8) is 0 Å². The first-order valence-electron chi connectivity index (χ1n) is 1.27. The molecule has 0 aliphatic carbocycles. The lowest BCUT2D eigenvalue weighted by Gasteiger charge is -1.82. The molecule has 0 aromatic heterocycles. The van der Waals surface area contributed by atoms with Crippen molar-refractivity contribution >= 4 is 8.89 Å². The van der Waals surface area contributed by atoms with Crippen LogP contribution in [0.2, 0.25) is 0 Å². The Hall–Kier alpha value is 0.290. The predicted octanol–water partition coefficient (Wildman–Crippen LogP) is 1.86. The Morgan fingerprint density at radius 2 is 2.00 bits per heavy atom. The molecule has 0 aliphatic rings. The quantitative estimate of drug-likeness (QED) is 0.439. The van der Waals surface area contributed by atoms with Crippen molar-refractivity contribution in [2.24, 2.45) is 0 Å². The van der Waals surface area contributed by atoms with Crippen LogP contribution in [0.1, 0.15) is 6.92 Å². The van der Waals surface area contributed by atoms with Crippen LogP contribution in [0.15, 0.2) is 0 Å². The van der Waals surface area contributed by atoms with Crippen LogP contribution in [0.3, 0.4) is 0 Å². The first kappa shape index (κ1) is 5.29. The number of hydrogen-bond donors (Lipinski definition) is 0. The molecule has 0 N–H and O–H groups in total. The van der Waals surface area contributed by atoms with Gasteiger partial charge in [-0.15, -0.1) is 0 Å². The molecule has 0 aliphatic heterocycles. The Morgan fingerprint density at radius 1 is 1.80 bits per heavy atom. The van der Waals surface area contributed by atoms with Gasteiger partial charge in [0.15, 0.2) is 0 Å². The van der Waals surface area contributed by atoms with Crippen LogP contribution in [0, 0.1) is 0 Å². The number of alkyl halides is 1. The number of rotatable bonds is 1. The molecule has 32 valence electrons. The molecule has 0 nitrogen and oxygen atoms in total. The van der Waals surface area contributed by atoms with Crippen molar-refractivity contribution in [2.45, 2.75) is 12.8 Å². The van der Waals surface area contributed by atoms with Gasteiger partial charge in [0.25, 0.3) is 0 Å². The number of halogens is 2. The SMILES string of the molecule is CC(F)PF. The molecule has 0 heterocycles. The summed E-state index contributed by atoms with van der Waals surface area (Å²) in [6.07, 6.45) is 0. The van der Waals surface area contributed by atoms with Crippen LogP contribution in [0.4, 0.5) is 8.59 Å². The highest BCUT2D eigenvalue weighted by Crippen LogP contribution is 2.18. The summed E-state index contributed by atoms with van der Waals surface area (Å²) in [5.41, 5.74) is 0. The molecule has 0 amide bonds. The van der Waals surface area contributed by atoms with Gasteiger partial charge in [0.2, 0.25) is 0 Å². The summed E-state index contributed by atoms with van der Waals surface area (Å²) in [5.74, 6) is -1.25. The summed E-state index contributed by atoms with van der Waals surface area (Å²) in [6.45, 7) is 1.19. The van der Waals surface area contributed by atoms with E-state index in [-0.39, 0.29) is 0 Å². The maximum absolute atomic E-state index is 11.1. The van der Waals surface area contributed by atoms with Crippen molar-refractivity contribution in [3.8, 4) is 0 Å². The molecule has 0 bridgehead atoms. The second-order valence-corrected chi connectivity index (χ2v) is 1.74. The third-order valence-corrected chi connectivity index (χ3v) is 0.451. The van der Waals surface area contributed by atoms with E-state index in [0.717, 1.165) is 0 Å². The van der Waals surface area contributed by atoms with E-state index in [0.29, 0.717) is 0 Å². The standard InChI is InChI=1S/C2H5F2P/c1-2(3)5-4/h2,5H,1H3. The summed E-state index contributed by atoms with van der Waals surface area (Å²) in [6, 6.07) is 0. The summed E-state index contributed by atoms with van der Waals surface area (Å²) < 4.78 is 21.8. The van der Waals surface area contributed by atoms with Gasteiger partial charge in [0, 0.05) is 0 Å². The summed E-state index contributed by atoms with van der Waals surface area (Å²) in [5, 5.41) is 0. The zero-order valence-corrected chi connectivity index (χ0v) is 3.83. The summed E-state index contributed by atoms with van der Waals surface area (Å²) in [7, 11) is -1.05. The molecule has 0 rings (SSSR count). The largest absolute Gasteiger partial charge is 0.240 e. The molecule has 2 atom stereocenters. The molecular weight excluding hydrogens is 93.0 g/mol. The topological polar surface area (TPSA) is 0 Å². The van der Waals surface area contributed by atoms with Crippen LogP contribution in [-0.2, 0) is 0 Å². The monoisotopic (exact) mass is 98.0 g/mol. The van der Waals surface area contributed by atoms with Gasteiger partial charge in [-0.05, 0) is 6.92 Å². The van der Waals surface area contributed by atoms with Crippen molar-refractivity contribution in [2.75, 3.05) is 0 Å². The van der Waals surface area contributed by atoms with Gasteiger partial charge in [-0.3, -0.25) is 0 Å². The minimum absolute atomic E-state index is 1.05. The van der Waals surface area contributed by atoms with E-state index in [2.05, 4.69) is 0 Å². The smallest absolute Gasteiger partial charge is 0.143 e. The van der Waals surface area contributed by atoms with Gasteiger partial charge in [-0.25, -0.2) is 8.59 Å². The second-order valence-electron chi connectivity index (χ2n) is 0.725. The van der Waals surface area contributed by atoms with Gasteiger partial charge in [0.05, 0.1) is 0 Å². The van der Waals surface area contributed by atoms with E-state index >= 15 is 0 Å². The molecule has 0 spiro atoms. The van der Waals surface area contributed by atoms with E-state index in [1.165, 1.54) is 6.92 Å². The number of hydrogen-bond acceptors (Lipinski definition) is 0. The summed E-state index contributed by atoms with van der Waals surface area (Å²) in [4.78, 5) is 0. The molecule has 0 saturated carbocycles. The average molecular weight is 98.0 g/mol. The fourth-order valence-electron chi connectivity index (χ4n) is 0. The minimum atomic E-state index is -1.25. The summed E-state index contributed by atoms with van der Waals surface area (Å²) >= 11 is 0. The van der Waals surface area contributed by atoms with E-state index in [9.17, 15) is 8.59 Å². The van der Waals surface area contributed by atoms with Gasteiger partial charge >= 0.3 is 0 Å². The van der Waals surface area contributed by atoms with Crippen molar-refractivity contribution in [1.82, 2.24) is 0 Å². The lowest BCUT2D eigenvalue weighted by atomic mass is 10.9. The van der Waals surface area contributed by atoms with Crippen molar-refractivity contribution < 1.29 is 8.59 Å². The Labute approximate surface area is 31.5 Å². The van der Waals surface area contributed by atoms with E-state index in [1.54, 1.807) is 0 Å². The molecule has 0 fully saturated rings. The zero-order chi connectivity index (χ0) is 4.28. The molecule has 2 unspecified atom stereocenters. The van der Waals surface area contributed by atoms with Gasteiger partial charge in [0.1, 0.15) is 14.8 Å². The normalized spacial score (nSPS) is 17.4. The molecule has 0 aromatic rings. The Kier molecular flexibility index (Phi) is 2.67. The van der Waals surface area contributed by atoms with Gasteiger partial charge < -0.3 is 0 Å². The molecule has 0 radical (unpaired) electrons. The Bertz CT molecular complexity index is 21.6. The van der Waals surface area contributed by atoms with Gasteiger partial charge in [-0.1, -0.05) is 0 Å². The molecular formula is C2H5F2P. The van der Waals surface area contributed by atoms with Crippen LogP contribution < -0.4 is 0 Å². The maximum Gasteiger partial charge on any atom is 0.143 e. The van der Waals surface area contributed by atoms with Gasteiger partial charge in [-0.2, -0.15) is 0 Å². The third kappa shape index (κ3) is 4.29. The lowest BCUT2D eigenvalue weighted by Crippen LogP contribution is -1.70. The molecule has 5 heavy (non-hydrogen) atoms. The third-order valence-electron chi connectivity index (χ3n) is 0.150. The van der Waals surface area contributed by atoms with E-state index in [4.69, 9.17) is 0 Å². The van der Waals surface area contributed by atoms with E-state index < -0.39 is 14.8 Å². The predicted molar refractivity (Wildman–Crippen MR) is 20.0 cm³/mol. The van der Waals surface area contributed by atoms with Crippen LogP contribution >= 0.6 is 8.89 Å². The van der Waals surface area contributed by atoms with Crippen LogP contribution in [0.5, 0.6) is 0 Å². The fourth-order valence-corrected chi connectivity index (χ4v) is 0. The highest BCUT2D eigenvalue weighted by atomic mass is 31.1. The minimum Gasteiger partial charge on any atom is -0.240 e. The van der Waals surface area contributed by atoms with Crippen molar-refractivity contribution in [3.05, 3.63) is 0 Å². The second kappa shape index (κ2) is 2.52. The molecule has 3 heteroatoms. The average Bonchev–Trinajstić information content (AvgIpc) is 1.38. The van der Waals surface area contributed by atoms with E-state index in [1.807, 2.05) is 0 Å². The zero-order valence-electron chi connectivity index (χ0n) is 2.83. The van der Waals surface area contributed by atoms with Crippen molar-refractivity contribution in [1.29, 1.82) is 0 Å². The highest BCUT2D eigenvalue weighted by Gasteiger charge is 1.89. The molecule has 0 aromatic carbocycles. The Morgan fingerprint density at radius 3 is 2.00 bits per heavy atom. The lowest BCUT2D eigenvalue weighted by molar-refractivity contribution is 0.470. The van der Waals surface area contributed by atoms with Crippen LogP contribution in [0.25, 0.3) is 0 Å². The molecule has 0 saturated heterocycles. The fraction of sp³-hybridized carbons (Fsp3) is 1.00. The first-order chi connectivity index (χ1) is 2.27. The first-order valence-corrected chi connectivity index (χ1v) is 2.23. The maximum atomic E-state index is 11.1.